The summed E-state index contributed by atoms with van der Waals surface area (Å²) in [4.78, 5) is 9.30. The van der Waals surface area contributed by atoms with Crippen LogP contribution in [0, 0.1) is 6.92 Å². The molecule has 0 amide bonds. The second-order valence-electron chi connectivity index (χ2n) is 6.75. The van der Waals surface area contributed by atoms with E-state index in [2.05, 4.69) is 59.6 Å². The van der Waals surface area contributed by atoms with E-state index in [0.717, 1.165) is 33.3 Å². The summed E-state index contributed by atoms with van der Waals surface area (Å²) in [5, 5.41) is 4.58. The van der Waals surface area contributed by atoms with Crippen LogP contribution in [0.4, 0.5) is 0 Å². The number of para-hydroxylation sites is 1. The highest BCUT2D eigenvalue weighted by Crippen LogP contribution is 2.38. The number of rotatable bonds is 1. The Labute approximate surface area is 158 Å². The zero-order chi connectivity index (χ0) is 18.0. The van der Waals surface area contributed by atoms with E-state index in [1.165, 1.54) is 20.2 Å². The van der Waals surface area contributed by atoms with Crippen molar-refractivity contribution < 1.29 is 4.42 Å². The quantitative estimate of drug-likeness (QED) is 0.324. The molecule has 4 heterocycles. The highest BCUT2D eigenvalue weighted by molar-refractivity contribution is 7.25. The molecule has 0 fully saturated rings. The van der Waals surface area contributed by atoms with Gasteiger partial charge in [0, 0.05) is 48.4 Å². The lowest BCUT2D eigenvalue weighted by atomic mass is 10.1. The molecular formula is C23H14N2OS. The van der Waals surface area contributed by atoms with Gasteiger partial charge < -0.3 is 4.42 Å². The van der Waals surface area contributed by atoms with Crippen molar-refractivity contribution in [2.75, 3.05) is 0 Å². The van der Waals surface area contributed by atoms with Crippen LogP contribution in [0.25, 0.3) is 53.5 Å². The van der Waals surface area contributed by atoms with E-state index >= 15 is 0 Å². The number of furan rings is 1. The van der Waals surface area contributed by atoms with Gasteiger partial charge in [0.1, 0.15) is 5.58 Å². The molecule has 4 aromatic heterocycles. The number of hydrogen-bond donors (Lipinski definition) is 0. The van der Waals surface area contributed by atoms with Crippen LogP contribution in [-0.4, -0.2) is 9.97 Å². The first-order valence-corrected chi connectivity index (χ1v) is 9.66. The first-order chi connectivity index (χ1) is 13.3. The normalized spacial score (nSPS) is 11.9. The number of benzene rings is 2. The van der Waals surface area contributed by atoms with Gasteiger partial charge in [0.2, 0.25) is 5.71 Å². The third-order valence-electron chi connectivity index (χ3n) is 5.04. The van der Waals surface area contributed by atoms with E-state index in [1.807, 2.05) is 19.2 Å². The standard InChI is InChI=1S/C23H14N2OS/c1-13-9-10-16-15-6-4-7-17(22(15)26-23(16)25-13)19-11-21-18(12-24-19)14-5-2-3-8-20(14)27-21/h2-12H,1H3. The van der Waals surface area contributed by atoms with E-state index in [4.69, 9.17) is 9.40 Å². The van der Waals surface area contributed by atoms with Crippen LogP contribution in [0.2, 0.25) is 0 Å². The van der Waals surface area contributed by atoms with Crippen LogP contribution < -0.4 is 0 Å². The van der Waals surface area contributed by atoms with Crippen molar-refractivity contribution in [3.8, 4) is 11.3 Å². The largest absolute Gasteiger partial charge is 0.437 e. The van der Waals surface area contributed by atoms with E-state index in [-0.39, 0.29) is 0 Å². The lowest BCUT2D eigenvalue weighted by molar-refractivity contribution is 0.653. The molecule has 3 nitrogen and oxygen atoms in total. The Hall–Kier alpha value is -3.24. The summed E-state index contributed by atoms with van der Waals surface area (Å²) < 4.78 is 8.67. The van der Waals surface area contributed by atoms with E-state index in [0.29, 0.717) is 5.71 Å². The summed E-state index contributed by atoms with van der Waals surface area (Å²) in [6.07, 6.45) is 1.98. The summed E-state index contributed by atoms with van der Waals surface area (Å²) in [5.41, 5.74) is 4.41. The van der Waals surface area contributed by atoms with Gasteiger partial charge in [0.05, 0.1) is 5.69 Å². The van der Waals surface area contributed by atoms with Crippen LogP contribution in [0.5, 0.6) is 0 Å². The zero-order valence-electron chi connectivity index (χ0n) is 14.6. The topological polar surface area (TPSA) is 38.9 Å². The van der Waals surface area contributed by atoms with Crippen LogP contribution in [0.15, 0.2) is 71.3 Å². The molecule has 4 heteroatoms. The van der Waals surface area contributed by atoms with Crippen LogP contribution in [0.3, 0.4) is 0 Å². The summed E-state index contributed by atoms with van der Waals surface area (Å²) >= 11 is 1.80. The van der Waals surface area contributed by atoms with Gasteiger partial charge >= 0.3 is 0 Å². The molecule has 0 spiro atoms. The van der Waals surface area contributed by atoms with Crippen molar-refractivity contribution in [2.45, 2.75) is 6.92 Å². The number of nitrogens with zero attached hydrogens (tertiary/aromatic N) is 2. The highest BCUT2D eigenvalue weighted by Gasteiger charge is 2.15. The molecule has 0 aliphatic rings. The van der Waals surface area contributed by atoms with Crippen molar-refractivity contribution in [1.82, 2.24) is 9.97 Å². The lowest BCUT2D eigenvalue weighted by Crippen LogP contribution is -1.83. The number of aromatic nitrogens is 2. The molecule has 0 bridgehead atoms. The Morgan fingerprint density at radius 2 is 1.70 bits per heavy atom. The summed E-state index contributed by atoms with van der Waals surface area (Å²) in [6.45, 7) is 1.98. The number of hydrogen-bond acceptors (Lipinski definition) is 4. The molecule has 2 aromatic carbocycles. The monoisotopic (exact) mass is 366 g/mol. The third kappa shape index (κ3) is 2.14. The van der Waals surface area contributed by atoms with Crippen molar-refractivity contribution in [3.05, 3.63) is 72.6 Å². The van der Waals surface area contributed by atoms with Gasteiger partial charge in [-0.1, -0.05) is 30.3 Å². The average molecular weight is 366 g/mol. The van der Waals surface area contributed by atoms with Crippen LogP contribution in [-0.2, 0) is 0 Å². The molecule has 0 atom stereocenters. The predicted molar refractivity (Wildman–Crippen MR) is 112 cm³/mol. The summed E-state index contributed by atoms with van der Waals surface area (Å²) in [5.74, 6) is 0. The molecule has 0 saturated carbocycles. The molecule has 128 valence electrons. The molecular weight excluding hydrogens is 352 g/mol. The predicted octanol–water partition coefficient (Wildman–Crippen LogP) is 6.72. The summed E-state index contributed by atoms with van der Waals surface area (Å²) in [6, 6.07) is 20.9. The maximum Gasteiger partial charge on any atom is 0.227 e. The molecule has 0 N–H and O–H groups in total. The molecule has 0 saturated heterocycles. The number of thiophene rings is 1. The van der Waals surface area contributed by atoms with Crippen molar-refractivity contribution in [2.24, 2.45) is 0 Å². The first-order valence-electron chi connectivity index (χ1n) is 8.84. The molecule has 27 heavy (non-hydrogen) atoms. The highest BCUT2D eigenvalue weighted by atomic mass is 32.1. The second kappa shape index (κ2) is 5.38. The Balaban J connectivity index is 1.64. The number of aryl methyl sites for hydroxylation is 1. The van der Waals surface area contributed by atoms with Gasteiger partial charge in [-0.25, -0.2) is 4.98 Å². The fraction of sp³-hybridized carbons (Fsp3) is 0.0435. The van der Waals surface area contributed by atoms with E-state index in [9.17, 15) is 0 Å². The number of pyridine rings is 2. The van der Waals surface area contributed by atoms with Gasteiger partial charge in [0.25, 0.3) is 0 Å². The first kappa shape index (κ1) is 14.9. The van der Waals surface area contributed by atoms with Gasteiger partial charge in [-0.2, -0.15) is 0 Å². The second-order valence-corrected chi connectivity index (χ2v) is 7.84. The fourth-order valence-corrected chi connectivity index (χ4v) is 4.86. The number of fused-ring (bicyclic) bond motifs is 6. The molecule has 0 aliphatic carbocycles. The van der Waals surface area contributed by atoms with Crippen molar-refractivity contribution >= 4 is 53.6 Å². The minimum atomic E-state index is 0.681. The lowest BCUT2D eigenvalue weighted by Gasteiger charge is -2.02. The van der Waals surface area contributed by atoms with Crippen LogP contribution >= 0.6 is 11.3 Å². The fourth-order valence-electron chi connectivity index (χ4n) is 3.74. The molecule has 0 unspecified atom stereocenters. The summed E-state index contributed by atoms with van der Waals surface area (Å²) in [7, 11) is 0. The minimum Gasteiger partial charge on any atom is -0.437 e. The van der Waals surface area contributed by atoms with Gasteiger partial charge in [0.15, 0.2) is 0 Å². The maximum absolute atomic E-state index is 6.14. The van der Waals surface area contributed by atoms with E-state index < -0.39 is 0 Å². The maximum atomic E-state index is 6.14. The third-order valence-corrected chi connectivity index (χ3v) is 6.18. The Morgan fingerprint density at radius 3 is 2.67 bits per heavy atom. The molecule has 0 aliphatic heterocycles. The minimum absolute atomic E-state index is 0.681. The van der Waals surface area contributed by atoms with Crippen LogP contribution in [0.1, 0.15) is 5.69 Å². The Kier molecular flexibility index (Phi) is 2.96. The molecule has 6 rings (SSSR count). The van der Waals surface area contributed by atoms with Crippen molar-refractivity contribution in [3.63, 3.8) is 0 Å². The molecule has 6 aromatic rings. The van der Waals surface area contributed by atoms with Gasteiger partial charge in [-0.15, -0.1) is 11.3 Å². The smallest absolute Gasteiger partial charge is 0.227 e. The molecule has 0 radical (unpaired) electrons. The van der Waals surface area contributed by atoms with Gasteiger partial charge in [-0.05, 0) is 37.3 Å². The van der Waals surface area contributed by atoms with Gasteiger partial charge in [-0.3, -0.25) is 4.98 Å². The Bertz CT molecular complexity index is 1490. The van der Waals surface area contributed by atoms with E-state index in [1.54, 1.807) is 11.3 Å². The Morgan fingerprint density at radius 1 is 0.815 bits per heavy atom. The zero-order valence-corrected chi connectivity index (χ0v) is 15.4. The van der Waals surface area contributed by atoms with Crippen molar-refractivity contribution in [1.29, 1.82) is 0 Å². The average Bonchev–Trinajstić information content (AvgIpc) is 3.24. The SMILES string of the molecule is Cc1ccc2c(n1)oc1c(-c3cc4sc5ccccc5c4cn3)cccc12.